The van der Waals surface area contributed by atoms with Crippen molar-refractivity contribution in [3.63, 3.8) is 0 Å². The van der Waals surface area contributed by atoms with Crippen LogP contribution in [0.2, 0.25) is 0 Å². The molecule has 0 saturated carbocycles. The second kappa shape index (κ2) is 9.13. The van der Waals surface area contributed by atoms with Crippen molar-refractivity contribution in [1.29, 1.82) is 0 Å². The summed E-state index contributed by atoms with van der Waals surface area (Å²) in [5, 5.41) is 5.41. The third-order valence-electron chi connectivity index (χ3n) is 2.32. The Kier molecular flexibility index (Phi) is 8.24. The maximum atomic E-state index is 11.2. The molecule has 0 aromatic rings. The van der Waals surface area contributed by atoms with Gasteiger partial charge in [0, 0.05) is 38.4 Å². The van der Waals surface area contributed by atoms with E-state index in [2.05, 4.69) is 17.2 Å². The summed E-state index contributed by atoms with van der Waals surface area (Å²) in [6, 6.07) is -0.137. The maximum absolute atomic E-state index is 11.2. The summed E-state index contributed by atoms with van der Waals surface area (Å²) >= 11 is 0. The summed E-state index contributed by atoms with van der Waals surface area (Å²) < 4.78 is 4.97. The molecule has 0 spiro atoms. The fraction of sp³-hybridized carbons (Fsp3) is 0.615. The minimum Gasteiger partial charge on any atom is -0.462 e. The number of hydrogen-bond acceptors (Lipinski definition) is 4. The van der Waals surface area contributed by atoms with E-state index in [1.54, 1.807) is 6.92 Å². The molecule has 0 aliphatic carbocycles. The van der Waals surface area contributed by atoms with Crippen LogP contribution in [-0.4, -0.2) is 37.0 Å². The Bertz CT molecular complexity index is 353. The summed E-state index contributed by atoms with van der Waals surface area (Å²) in [4.78, 5) is 33.0. The predicted octanol–water partition coefficient (Wildman–Crippen LogP) is 0.527. The molecule has 2 amide bonds. The normalized spacial score (nSPS) is 11.3. The number of carbonyl (C=O) groups excluding carboxylic acids is 3. The van der Waals surface area contributed by atoms with E-state index in [-0.39, 0.29) is 24.5 Å². The zero-order valence-corrected chi connectivity index (χ0v) is 11.7. The molecule has 0 fully saturated rings. The van der Waals surface area contributed by atoms with E-state index in [1.165, 1.54) is 13.8 Å². The Labute approximate surface area is 113 Å². The lowest BCUT2D eigenvalue weighted by Gasteiger charge is -2.17. The monoisotopic (exact) mass is 270 g/mol. The van der Waals surface area contributed by atoms with Crippen LogP contribution in [0.1, 0.15) is 33.6 Å². The van der Waals surface area contributed by atoms with Crippen LogP contribution >= 0.6 is 0 Å². The van der Waals surface area contributed by atoms with E-state index in [9.17, 15) is 14.4 Å². The Morgan fingerprint density at radius 3 is 2.21 bits per heavy atom. The first-order chi connectivity index (χ1) is 8.82. The second-order valence-corrected chi connectivity index (χ2v) is 4.37. The Morgan fingerprint density at radius 2 is 1.74 bits per heavy atom. The molecule has 0 bridgehead atoms. The van der Waals surface area contributed by atoms with Crippen molar-refractivity contribution in [2.75, 3.05) is 13.2 Å². The molecular weight excluding hydrogens is 248 g/mol. The van der Waals surface area contributed by atoms with E-state index in [1.807, 2.05) is 0 Å². The van der Waals surface area contributed by atoms with Crippen molar-refractivity contribution in [1.82, 2.24) is 10.6 Å². The molecule has 0 aliphatic rings. The number of carbonyl (C=O) groups is 3. The highest BCUT2D eigenvalue weighted by Crippen LogP contribution is 2.01. The number of esters is 1. The van der Waals surface area contributed by atoms with E-state index in [4.69, 9.17) is 4.74 Å². The SMILES string of the molecule is C=C(C)C(=O)OCCC(CCNC(C)=O)NC(C)=O. The molecule has 2 N–H and O–H groups in total. The van der Waals surface area contributed by atoms with Crippen molar-refractivity contribution in [3.8, 4) is 0 Å². The average Bonchev–Trinajstić information content (AvgIpc) is 2.26. The van der Waals surface area contributed by atoms with Gasteiger partial charge < -0.3 is 15.4 Å². The van der Waals surface area contributed by atoms with Crippen LogP contribution in [0.15, 0.2) is 12.2 Å². The van der Waals surface area contributed by atoms with Crippen LogP contribution in [0.3, 0.4) is 0 Å². The van der Waals surface area contributed by atoms with Gasteiger partial charge in [0.1, 0.15) is 0 Å². The van der Waals surface area contributed by atoms with Crippen LogP contribution in [0.25, 0.3) is 0 Å². The van der Waals surface area contributed by atoms with Gasteiger partial charge in [-0.2, -0.15) is 0 Å². The minimum absolute atomic E-state index is 0.115. The number of nitrogens with one attached hydrogen (secondary N) is 2. The number of rotatable bonds is 8. The first kappa shape index (κ1) is 17.2. The first-order valence-corrected chi connectivity index (χ1v) is 6.17. The van der Waals surface area contributed by atoms with Crippen LogP contribution < -0.4 is 10.6 Å². The zero-order valence-electron chi connectivity index (χ0n) is 11.7. The van der Waals surface area contributed by atoms with Crippen molar-refractivity contribution in [2.24, 2.45) is 0 Å². The van der Waals surface area contributed by atoms with Crippen molar-refractivity contribution in [2.45, 2.75) is 39.7 Å². The van der Waals surface area contributed by atoms with Gasteiger partial charge in [-0.15, -0.1) is 0 Å². The van der Waals surface area contributed by atoms with E-state index in [0.29, 0.717) is 25.0 Å². The third kappa shape index (κ3) is 9.82. The van der Waals surface area contributed by atoms with E-state index >= 15 is 0 Å². The average molecular weight is 270 g/mol. The smallest absolute Gasteiger partial charge is 0.333 e. The van der Waals surface area contributed by atoms with Crippen LogP contribution in [-0.2, 0) is 19.1 Å². The predicted molar refractivity (Wildman–Crippen MR) is 71.3 cm³/mol. The molecule has 6 heteroatoms. The summed E-state index contributed by atoms with van der Waals surface area (Å²) in [6.45, 7) is 8.58. The summed E-state index contributed by atoms with van der Waals surface area (Å²) in [6.07, 6.45) is 1.09. The van der Waals surface area contributed by atoms with Gasteiger partial charge >= 0.3 is 5.97 Å². The van der Waals surface area contributed by atoms with Gasteiger partial charge in [-0.25, -0.2) is 4.79 Å². The van der Waals surface area contributed by atoms with Gasteiger partial charge in [-0.1, -0.05) is 6.58 Å². The van der Waals surface area contributed by atoms with Gasteiger partial charge in [-0.05, 0) is 13.3 Å². The minimum atomic E-state index is -0.441. The fourth-order valence-corrected chi connectivity index (χ4v) is 1.42. The topological polar surface area (TPSA) is 84.5 Å². The van der Waals surface area contributed by atoms with Crippen LogP contribution in [0.5, 0.6) is 0 Å². The molecule has 0 saturated heterocycles. The maximum Gasteiger partial charge on any atom is 0.333 e. The van der Waals surface area contributed by atoms with Crippen LogP contribution in [0, 0.1) is 0 Å². The highest BCUT2D eigenvalue weighted by Gasteiger charge is 2.11. The lowest BCUT2D eigenvalue weighted by Crippen LogP contribution is -2.37. The molecule has 1 unspecified atom stereocenters. The third-order valence-corrected chi connectivity index (χ3v) is 2.32. The summed E-state index contributed by atoms with van der Waals surface area (Å²) in [5.41, 5.74) is 0.342. The molecule has 0 rings (SSSR count). The Hall–Kier alpha value is -1.85. The molecule has 0 aliphatic heterocycles. The van der Waals surface area contributed by atoms with Crippen molar-refractivity contribution in [3.05, 3.63) is 12.2 Å². The van der Waals surface area contributed by atoms with Gasteiger partial charge in [-0.3, -0.25) is 9.59 Å². The molecule has 0 radical (unpaired) electrons. The number of amides is 2. The Balaban J connectivity index is 4.05. The zero-order chi connectivity index (χ0) is 14.8. The molecule has 6 nitrogen and oxygen atoms in total. The molecular formula is C13H22N2O4. The van der Waals surface area contributed by atoms with Gasteiger partial charge in [0.2, 0.25) is 11.8 Å². The van der Waals surface area contributed by atoms with Crippen molar-refractivity contribution >= 4 is 17.8 Å². The van der Waals surface area contributed by atoms with Crippen molar-refractivity contribution < 1.29 is 19.1 Å². The largest absolute Gasteiger partial charge is 0.462 e. The second-order valence-electron chi connectivity index (χ2n) is 4.37. The lowest BCUT2D eigenvalue weighted by molar-refractivity contribution is -0.139. The molecule has 0 heterocycles. The quantitative estimate of drug-likeness (QED) is 0.497. The summed E-state index contributed by atoms with van der Waals surface area (Å²) in [5.74, 6) is -0.710. The summed E-state index contributed by atoms with van der Waals surface area (Å²) in [7, 11) is 0. The standard InChI is InChI=1S/C13H22N2O4/c1-9(2)13(18)19-8-6-12(15-11(4)17)5-7-14-10(3)16/h12H,1,5-8H2,2-4H3,(H,14,16)(H,15,17). The van der Waals surface area contributed by atoms with Gasteiger partial charge in [0.25, 0.3) is 0 Å². The van der Waals surface area contributed by atoms with E-state index in [0.717, 1.165) is 0 Å². The molecule has 108 valence electrons. The van der Waals surface area contributed by atoms with Crippen LogP contribution in [0.4, 0.5) is 0 Å². The highest BCUT2D eigenvalue weighted by molar-refractivity contribution is 5.86. The molecule has 0 aromatic heterocycles. The molecule has 19 heavy (non-hydrogen) atoms. The Morgan fingerprint density at radius 1 is 1.11 bits per heavy atom. The highest BCUT2D eigenvalue weighted by atomic mass is 16.5. The number of hydrogen-bond donors (Lipinski definition) is 2. The molecule has 0 aromatic carbocycles. The van der Waals surface area contributed by atoms with Gasteiger partial charge in [0.15, 0.2) is 0 Å². The fourth-order valence-electron chi connectivity index (χ4n) is 1.42. The van der Waals surface area contributed by atoms with E-state index < -0.39 is 5.97 Å². The van der Waals surface area contributed by atoms with Gasteiger partial charge in [0.05, 0.1) is 6.61 Å². The first-order valence-electron chi connectivity index (χ1n) is 6.17. The lowest BCUT2D eigenvalue weighted by atomic mass is 10.1. The number of ether oxygens (including phenoxy) is 1. The molecule has 1 atom stereocenters.